The van der Waals surface area contributed by atoms with Gasteiger partial charge in [0.15, 0.2) is 0 Å². The topological polar surface area (TPSA) is 32.8 Å². The second-order valence-electron chi connectivity index (χ2n) is 5.70. The lowest BCUT2D eigenvalue weighted by Crippen LogP contribution is -2.51. The summed E-state index contributed by atoms with van der Waals surface area (Å²) in [4.78, 5) is 16.5. The van der Waals surface area contributed by atoms with Gasteiger partial charge in [-0.2, -0.15) is 12.6 Å². The zero-order valence-electron chi connectivity index (χ0n) is 13.0. The van der Waals surface area contributed by atoms with Crippen LogP contribution in [-0.4, -0.2) is 49.3 Å². The SMILES string of the molecule is COc1cccc(N2CCN(C(=O)C(S)C(C)C)CC2)c1. The second kappa shape index (κ2) is 7.07. The molecule has 0 saturated carbocycles. The Hall–Kier alpha value is -1.36. The van der Waals surface area contributed by atoms with Gasteiger partial charge in [0.05, 0.1) is 12.4 Å². The molecule has 1 atom stereocenters. The molecule has 0 N–H and O–H groups in total. The molecule has 1 aliphatic rings. The molecule has 116 valence electrons. The summed E-state index contributed by atoms with van der Waals surface area (Å²) in [6.45, 7) is 7.25. The van der Waals surface area contributed by atoms with Crippen molar-refractivity contribution < 1.29 is 9.53 Å². The van der Waals surface area contributed by atoms with E-state index in [9.17, 15) is 4.79 Å². The normalized spacial score (nSPS) is 17.0. The monoisotopic (exact) mass is 308 g/mol. The number of nitrogens with zero attached hydrogens (tertiary/aromatic N) is 2. The molecule has 1 aliphatic heterocycles. The number of methoxy groups -OCH3 is 1. The lowest BCUT2D eigenvalue weighted by Gasteiger charge is -2.37. The molecule has 0 aliphatic carbocycles. The van der Waals surface area contributed by atoms with Crippen molar-refractivity contribution in [1.29, 1.82) is 0 Å². The van der Waals surface area contributed by atoms with Gasteiger partial charge < -0.3 is 14.5 Å². The molecular formula is C16H24N2O2S. The van der Waals surface area contributed by atoms with Crippen molar-refractivity contribution in [2.24, 2.45) is 5.92 Å². The number of rotatable bonds is 4. The molecule has 0 bridgehead atoms. The van der Waals surface area contributed by atoms with Crippen LogP contribution in [0.5, 0.6) is 5.75 Å². The molecule has 2 rings (SSSR count). The first-order valence-electron chi connectivity index (χ1n) is 7.38. The molecule has 21 heavy (non-hydrogen) atoms. The van der Waals surface area contributed by atoms with E-state index in [1.807, 2.05) is 36.9 Å². The van der Waals surface area contributed by atoms with E-state index < -0.39 is 0 Å². The molecule has 5 heteroatoms. The van der Waals surface area contributed by atoms with Crippen LogP contribution in [0.3, 0.4) is 0 Å². The van der Waals surface area contributed by atoms with E-state index in [2.05, 4.69) is 23.6 Å². The van der Waals surface area contributed by atoms with Crippen molar-refractivity contribution in [1.82, 2.24) is 4.90 Å². The number of benzene rings is 1. The van der Waals surface area contributed by atoms with E-state index in [0.29, 0.717) is 0 Å². The average Bonchev–Trinajstić information content (AvgIpc) is 2.53. The van der Waals surface area contributed by atoms with Crippen LogP contribution in [0.2, 0.25) is 0 Å². The highest BCUT2D eigenvalue weighted by Gasteiger charge is 2.27. The van der Waals surface area contributed by atoms with Crippen LogP contribution in [0.1, 0.15) is 13.8 Å². The van der Waals surface area contributed by atoms with Gasteiger partial charge in [-0.05, 0) is 18.1 Å². The minimum absolute atomic E-state index is 0.152. The molecule has 1 aromatic rings. The number of amides is 1. The van der Waals surface area contributed by atoms with Gasteiger partial charge in [-0.25, -0.2) is 0 Å². The number of carbonyl (C=O) groups is 1. The van der Waals surface area contributed by atoms with Crippen molar-refractivity contribution >= 4 is 24.2 Å². The molecule has 1 saturated heterocycles. The molecular weight excluding hydrogens is 284 g/mol. The summed E-state index contributed by atoms with van der Waals surface area (Å²) in [6.07, 6.45) is 0. The van der Waals surface area contributed by atoms with E-state index in [1.54, 1.807) is 7.11 Å². The highest BCUT2D eigenvalue weighted by molar-refractivity contribution is 7.81. The predicted molar refractivity (Wildman–Crippen MR) is 89.4 cm³/mol. The first-order chi connectivity index (χ1) is 10.0. The van der Waals surface area contributed by atoms with Crippen LogP contribution in [-0.2, 0) is 4.79 Å². The number of thiol groups is 1. The minimum Gasteiger partial charge on any atom is -0.497 e. The smallest absolute Gasteiger partial charge is 0.235 e. The summed E-state index contributed by atoms with van der Waals surface area (Å²) in [5.74, 6) is 1.28. The fraction of sp³-hybridized carbons (Fsp3) is 0.562. The van der Waals surface area contributed by atoms with Crippen molar-refractivity contribution in [2.45, 2.75) is 19.1 Å². The Morgan fingerprint density at radius 2 is 1.90 bits per heavy atom. The molecule has 0 radical (unpaired) electrons. The number of carbonyl (C=O) groups excluding carboxylic acids is 1. The van der Waals surface area contributed by atoms with Crippen molar-refractivity contribution in [3.05, 3.63) is 24.3 Å². The van der Waals surface area contributed by atoms with Crippen LogP contribution in [0.25, 0.3) is 0 Å². The Labute approximate surface area is 132 Å². The third kappa shape index (κ3) is 3.84. The van der Waals surface area contributed by atoms with Gasteiger partial charge in [0.25, 0.3) is 0 Å². The fourth-order valence-electron chi connectivity index (χ4n) is 2.46. The summed E-state index contributed by atoms with van der Waals surface area (Å²) < 4.78 is 5.26. The zero-order valence-corrected chi connectivity index (χ0v) is 13.8. The van der Waals surface area contributed by atoms with E-state index in [-0.39, 0.29) is 17.1 Å². The van der Waals surface area contributed by atoms with E-state index in [0.717, 1.165) is 37.6 Å². The van der Waals surface area contributed by atoms with Crippen LogP contribution in [0.4, 0.5) is 5.69 Å². The van der Waals surface area contributed by atoms with Crippen molar-refractivity contribution in [2.75, 3.05) is 38.2 Å². The standard InChI is InChI=1S/C16H24N2O2S/c1-12(2)15(21)16(19)18-9-7-17(8-10-18)13-5-4-6-14(11-13)20-3/h4-6,11-12,15,21H,7-10H2,1-3H3. The molecule has 1 aromatic carbocycles. The molecule has 1 heterocycles. The van der Waals surface area contributed by atoms with E-state index >= 15 is 0 Å². The summed E-state index contributed by atoms with van der Waals surface area (Å²) in [7, 11) is 1.68. The molecule has 1 fully saturated rings. The fourth-order valence-corrected chi connectivity index (χ4v) is 2.63. The van der Waals surface area contributed by atoms with Gasteiger partial charge >= 0.3 is 0 Å². The highest BCUT2D eigenvalue weighted by atomic mass is 32.1. The number of hydrogen-bond donors (Lipinski definition) is 1. The quantitative estimate of drug-likeness (QED) is 0.867. The van der Waals surface area contributed by atoms with Gasteiger partial charge in [-0.15, -0.1) is 0 Å². The summed E-state index contributed by atoms with van der Waals surface area (Å²) in [6, 6.07) is 8.05. The van der Waals surface area contributed by atoms with Gasteiger partial charge in [0.1, 0.15) is 5.75 Å². The number of piperazine rings is 1. The van der Waals surface area contributed by atoms with Crippen LogP contribution >= 0.6 is 12.6 Å². The maximum absolute atomic E-state index is 12.3. The Bertz CT molecular complexity index is 485. The number of anilines is 1. The molecule has 1 amide bonds. The van der Waals surface area contributed by atoms with E-state index in [1.165, 1.54) is 0 Å². The van der Waals surface area contributed by atoms with Crippen LogP contribution in [0, 0.1) is 5.92 Å². The average molecular weight is 308 g/mol. The Balaban J connectivity index is 1.95. The van der Waals surface area contributed by atoms with Gasteiger partial charge in [0, 0.05) is 37.9 Å². The maximum atomic E-state index is 12.3. The molecule has 0 aromatic heterocycles. The minimum atomic E-state index is -0.201. The number of ether oxygens (including phenoxy) is 1. The van der Waals surface area contributed by atoms with E-state index in [4.69, 9.17) is 4.74 Å². The predicted octanol–water partition coefficient (Wildman–Crippen LogP) is 2.30. The Morgan fingerprint density at radius 1 is 1.24 bits per heavy atom. The van der Waals surface area contributed by atoms with Crippen molar-refractivity contribution in [3.8, 4) is 5.75 Å². The maximum Gasteiger partial charge on any atom is 0.235 e. The Kier molecular flexibility index (Phi) is 5.39. The molecule has 4 nitrogen and oxygen atoms in total. The summed E-state index contributed by atoms with van der Waals surface area (Å²) >= 11 is 4.43. The van der Waals surface area contributed by atoms with Crippen molar-refractivity contribution in [3.63, 3.8) is 0 Å². The van der Waals surface area contributed by atoms with Gasteiger partial charge in [-0.1, -0.05) is 19.9 Å². The van der Waals surface area contributed by atoms with Crippen LogP contribution in [0.15, 0.2) is 24.3 Å². The molecule has 1 unspecified atom stereocenters. The lowest BCUT2D eigenvalue weighted by molar-refractivity contribution is -0.131. The number of hydrogen-bond acceptors (Lipinski definition) is 4. The summed E-state index contributed by atoms with van der Waals surface area (Å²) in [5, 5.41) is -0.201. The van der Waals surface area contributed by atoms with Gasteiger partial charge in [-0.3, -0.25) is 4.79 Å². The third-order valence-electron chi connectivity index (χ3n) is 3.89. The zero-order chi connectivity index (χ0) is 15.4. The molecule has 0 spiro atoms. The van der Waals surface area contributed by atoms with Gasteiger partial charge in [0.2, 0.25) is 5.91 Å². The third-order valence-corrected chi connectivity index (χ3v) is 4.71. The Morgan fingerprint density at radius 3 is 2.48 bits per heavy atom. The second-order valence-corrected chi connectivity index (χ2v) is 6.26. The lowest BCUT2D eigenvalue weighted by atomic mass is 10.1. The first-order valence-corrected chi connectivity index (χ1v) is 7.90. The highest BCUT2D eigenvalue weighted by Crippen LogP contribution is 2.22. The summed E-state index contributed by atoms with van der Waals surface area (Å²) in [5.41, 5.74) is 1.15. The largest absolute Gasteiger partial charge is 0.497 e. The van der Waals surface area contributed by atoms with Crippen LogP contribution < -0.4 is 9.64 Å². The first kappa shape index (κ1) is 16.0.